The van der Waals surface area contributed by atoms with Gasteiger partial charge >= 0.3 is 5.97 Å². The lowest BCUT2D eigenvalue weighted by Gasteiger charge is -2.04. The maximum atomic E-state index is 11.8. The molecule has 0 amide bonds. The Balaban J connectivity index is 1.50. The summed E-state index contributed by atoms with van der Waals surface area (Å²) in [7, 11) is 0. The first kappa shape index (κ1) is 16.4. The monoisotopic (exact) mass is 290 g/mol. The molecule has 0 aliphatic heterocycles. The third kappa shape index (κ3) is 5.73. The zero-order valence-electron chi connectivity index (χ0n) is 13.5. The number of rotatable bonds is 9. The van der Waals surface area contributed by atoms with Gasteiger partial charge in [-0.05, 0) is 37.0 Å². The molecule has 2 aliphatic carbocycles. The summed E-state index contributed by atoms with van der Waals surface area (Å²) < 4.78 is 5.49. The molecule has 1 saturated carbocycles. The molecule has 2 rings (SSSR count). The SMILES string of the molecule is CCCCCCCCC(=O)OCC1[C@H]2CCC#CCC[C@@H]12. The number of unbranched alkanes of at least 4 members (excludes halogenated alkanes) is 5. The molecule has 1 fully saturated rings. The van der Waals surface area contributed by atoms with Crippen molar-refractivity contribution in [3.05, 3.63) is 0 Å². The van der Waals surface area contributed by atoms with Crippen LogP contribution in [0.5, 0.6) is 0 Å². The smallest absolute Gasteiger partial charge is 0.305 e. The van der Waals surface area contributed by atoms with Crippen molar-refractivity contribution in [2.45, 2.75) is 77.6 Å². The molecule has 0 bridgehead atoms. The Bertz CT molecular complexity index is 359. The largest absolute Gasteiger partial charge is 0.465 e. The van der Waals surface area contributed by atoms with Gasteiger partial charge < -0.3 is 4.74 Å². The van der Waals surface area contributed by atoms with Gasteiger partial charge in [-0.3, -0.25) is 4.79 Å². The summed E-state index contributed by atoms with van der Waals surface area (Å²) in [5.74, 6) is 8.64. The van der Waals surface area contributed by atoms with Crippen LogP contribution < -0.4 is 0 Å². The van der Waals surface area contributed by atoms with Crippen molar-refractivity contribution in [2.24, 2.45) is 17.8 Å². The Morgan fingerprint density at radius 1 is 1.00 bits per heavy atom. The molecule has 118 valence electrons. The van der Waals surface area contributed by atoms with Crippen molar-refractivity contribution in [2.75, 3.05) is 6.61 Å². The lowest BCUT2D eigenvalue weighted by molar-refractivity contribution is -0.144. The molecule has 0 heterocycles. The normalized spacial score (nSPS) is 26.8. The molecule has 0 radical (unpaired) electrons. The van der Waals surface area contributed by atoms with E-state index in [1.165, 1.54) is 44.9 Å². The van der Waals surface area contributed by atoms with E-state index in [4.69, 9.17) is 4.74 Å². The molecule has 3 atom stereocenters. The fourth-order valence-electron chi connectivity index (χ4n) is 3.59. The highest BCUT2D eigenvalue weighted by Crippen LogP contribution is 2.52. The Morgan fingerprint density at radius 3 is 2.29 bits per heavy atom. The van der Waals surface area contributed by atoms with Gasteiger partial charge in [0.05, 0.1) is 6.61 Å². The van der Waals surface area contributed by atoms with E-state index in [9.17, 15) is 4.79 Å². The van der Waals surface area contributed by atoms with Gasteiger partial charge in [0, 0.05) is 19.3 Å². The average molecular weight is 290 g/mol. The highest BCUT2D eigenvalue weighted by atomic mass is 16.5. The van der Waals surface area contributed by atoms with Gasteiger partial charge in [0.25, 0.3) is 0 Å². The van der Waals surface area contributed by atoms with E-state index in [-0.39, 0.29) is 5.97 Å². The number of ether oxygens (including phenoxy) is 1. The summed E-state index contributed by atoms with van der Waals surface area (Å²) in [4.78, 5) is 11.8. The van der Waals surface area contributed by atoms with E-state index in [2.05, 4.69) is 18.8 Å². The van der Waals surface area contributed by atoms with E-state index < -0.39 is 0 Å². The summed E-state index contributed by atoms with van der Waals surface area (Å²) in [6.07, 6.45) is 12.4. The molecule has 2 aliphatic rings. The highest BCUT2D eigenvalue weighted by molar-refractivity contribution is 5.69. The molecule has 0 aromatic carbocycles. The number of hydrogen-bond acceptors (Lipinski definition) is 2. The van der Waals surface area contributed by atoms with E-state index in [0.717, 1.165) is 31.1 Å². The van der Waals surface area contributed by atoms with Crippen molar-refractivity contribution < 1.29 is 9.53 Å². The maximum absolute atomic E-state index is 11.8. The van der Waals surface area contributed by atoms with Crippen LogP contribution in [0, 0.1) is 29.6 Å². The number of hydrogen-bond donors (Lipinski definition) is 0. The van der Waals surface area contributed by atoms with Crippen LogP contribution >= 0.6 is 0 Å². The van der Waals surface area contributed by atoms with Crippen molar-refractivity contribution >= 4 is 5.97 Å². The van der Waals surface area contributed by atoms with Crippen molar-refractivity contribution in [3.8, 4) is 11.8 Å². The van der Waals surface area contributed by atoms with Crippen molar-refractivity contribution in [3.63, 3.8) is 0 Å². The summed E-state index contributed by atoms with van der Waals surface area (Å²) in [6.45, 7) is 2.88. The zero-order chi connectivity index (χ0) is 14.9. The van der Waals surface area contributed by atoms with Crippen LogP contribution in [0.1, 0.15) is 77.6 Å². The molecule has 1 unspecified atom stereocenters. The number of esters is 1. The van der Waals surface area contributed by atoms with Gasteiger partial charge in [-0.1, -0.05) is 39.0 Å². The average Bonchev–Trinajstić information content (AvgIpc) is 3.10. The van der Waals surface area contributed by atoms with Crippen LogP contribution in [0.15, 0.2) is 0 Å². The van der Waals surface area contributed by atoms with E-state index in [0.29, 0.717) is 18.9 Å². The highest BCUT2D eigenvalue weighted by Gasteiger charge is 2.49. The summed E-state index contributed by atoms with van der Waals surface area (Å²) in [6, 6.07) is 0. The fraction of sp³-hybridized carbons (Fsp3) is 0.842. The van der Waals surface area contributed by atoms with Crippen LogP contribution in [-0.4, -0.2) is 12.6 Å². The Kier molecular flexibility index (Phi) is 7.13. The van der Waals surface area contributed by atoms with Crippen LogP contribution in [0.3, 0.4) is 0 Å². The minimum atomic E-state index is 0.0148. The topological polar surface area (TPSA) is 26.3 Å². The van der Waals surface area contributed by atoms with E-state index in [1.807, 2.05) is 0 Å². The van der Waals surface area contributed by atoms with Gasteiger partial charge in [-0.25, -0.2) is 0 Å². The van der Waals surface area contributed by atoms with Crippen molar-refractivity contribution in [1.29, 1.82) is 0 Å². The molecule has 0 spiro atoms. The lowest BCUT2D eigenvalue weighted by Crippen LogP contribution is -2.08. The van der Waals surface area contributed by atoms with Gasteiger partial charge in [0.15, 0.2) is 0 Å². The summed E-state index contributed by atoms with van der Waals surface area (Å²) in [5.41, 5.74) is 0. The summed E-state index contributed by atoms with van der Waals surface area (Å²) >= 11 is 0. The van der Waals surface area contributed by atoms with Crippen LogP contribution in [0.25, 0.3) is 0 Å². The Morgan fingerprint density at radius 2 is 1.62 bits per heavy atom. The molecule has 2 nitrogen and oxygen atoms in total. The predicted octanol–water partition coefficient (Wildman–Crippen LogP) is 4.72. The van der Waals surface area contributed by atoms with Crippen LogP contribution in [0.4, 0.5) is 0 Å². The molecule has 21 heavy (non-hydrogen) atoms. The first-order valence-electron chi connectivity index (χ1n) is 8.94. The second kappa shape index (κ2) is 9.13. The Hall–Kier alpha value is -0.970. The van der Waals surface area contributed by atoms with Crippen molar-refractivity contribution in [1.82, 2.24) is 0 Å². The van der Waals surface area contributed by atoms with Crippen LogP contribution in [0.2, 0.25) is 0 Å². The molecule has 0 N–H and O–H groups in total. The third-order valence-electron chi connectivity index (χ3n) is 5.01. The van der Waals surface area contributed by atoms with E-state index >= 15 is 0 Å². The number of carbonyl (C=O) groups excluding carboxylic acids is 1. The zero-order valence-corrected chi connectivity index (χ0v) is 13.5. The fourth-order valence-corrected chi connectivity index (χ4v) is 3.59. The number of carbonyl (C=O) groups is 1. The summed E-state index contributed by atoms with van der Waals surface area (Å²) in [5, 5.41) is 0. The van der Waals surface area contributed by atoms with Gasteiger partial charge in [-0.15, -0.1) is 11.8 Å². The Labute approximate surface area is 130 Å². The second-order valence-electron chi connectivity index (χ2n) is 6.62. The minimum Gasteiger partial charge on any atom is -0.465 e. The van der Waals surface area contributed by atoms with Crippen LogP contribution in [-0.2, 0) is 9.53 Å². The first-order chi connectivity index (χ1) is 10.3. The molecule has 2 heteroatoms. The van der Waals surface area contributed by atoms with E-state index in [1.54, 1.807) is 0 Å². The molecule has 0 saturated heterocycles. The maximum Gasteiger partial charge on any atom is 0.305 e. The standard InChI is InChI=1S/C19H30O2/c1-2-3-4-5-6-11-14-19(20)21-15-18-16-12-9-7-8-10-13-17(16)18/h16-18H,2-6,9-15H2,1H3/t16-,17+,18?. The quantitative estimate of drug-likeness (QED) is 0.349. The molecular formula is C19H30O2. The van der Waals surface area contributed by atoms with Gasteiger partial charge in [-0.2, -0.15) is 0 Å². The number of fused-ring (bicyclic) bond motifs is 1. The third-order valence-corrected chi connectivity index (χ3v) is 5.01. The second-order valence-corrected chi connectivity index (χ2v) is 6.62. The molecular weight excluding hydrogens is 260 g/mol. The van der Waals surface area contributed by atoms with Gasteiger partial charge in [0.2, 0.25) is 0 Å². The molecule has 0 aromatic rings. The minimum absolute atomic E-state index is 0.0148. The lowest BCUT2D eigenvalue weighted by atomic mass is 10.1. The predicted molar refractivity (Wildman–Crippen MR) is 85.7 cm³/mol. The van der Waals surface area contributed by atoms with Gasteiger partial charge in [0.1, 0.15) is 0 Å². The molecule has 0 aromatic heterocycles. The first-order valence-corrected chi connectivity index (χ1v) is 8.94.